The highest BCUT2D eigenvalue weighted by Gasteiger charge is 2.57. The number of imidazole rings is 1. The molecule has 1 aliphatic carbocycles. The fourth-order valence-corrected chi connectivity index (χ4v) is 4.11. The van der Waals surface area contributed by atoms with Crippen LogP contribution in [0.2, 0.25) is 0 Å². The van der Waals surface area contributed by atoms with Crippen LogP contribution < -0.4 is 10.6 Å². The van der Waals surface area contributed by atoms with Crippen LogP contribution in [0.1, 0.15) is 30.7 Å². The second-order valence-electron chi connectivity index (χ2n) is 7.37. The zero-order chi connectivity index (χ0) is 17.1. The molecule has 1 aromatic heterocycles. The van der Waals surface area contributed by atoms with Crippen LogP contribution in [0.4, 0.5) is 0 Å². The average molecular weight is 411 g/mol. The highest BCUT2D eigenvalue weighted by atomic mass is 35.5. The second kappa shape index (κ2) is 9.58. The number of benzene rings is 1. The molecule has 1 saturated heterocycles. The van der Waals surface area contributed by atoms with Crippen LogP contribution in [0.25, 0.3) is 0 Å². The van der Waals surface area contributed by atoms with Crippen LogP contribution in [0.5, 0.6) is 0 Å². The number of hydrogen-bond acceptors (Lipinski definition) is 3. The minimum Gasteiger partial charge on any atom is -0.355 e. The molecule has 1 spiro atoms. The standard InChI is InChI=1S/C20H26N4O.2ClH/c25-19(17-14-20(17)7-10-21-11-8-20)23-9-6-18-22-12-13-24(18)15-16-4-2-1-3-5-16;;/h1-5,12-13,17,21H,6-11,14-15H2,(H,23,25);2*1H. The molecule has 1 atom stereocenters. The Morgan fingerprint density at radius 3 is 2.70 bits per heavy atom. The first kappa shape index (κ1) is 21.7. The predicted octanol–water partition coefficient (Wildman–Crippen LogP) is 2.82. The first-order chi connectivity index (χ1) is 12.3. The SMILES string of the molecule is Cl.Cl.O=C(NCCc1nccn1Cc1ccccc1)C1CC12CCNCC2. The van der Waals surface area contributed by atoms with Crippen molar-refractivity contribution in [3.05, 3.63) is 54.1 Å². The van der Waals surface area contributed by atoms with Crippen molar-refractivity contribution < 1.29 is 4.79 Å². The van der Waals surface area contributed by atoms with Gasteiger partial charge in [-0.3, -0.25) is 4.79 Å². The summed E-state index contributed by atoms with van der Waals surface area (Å²) >= 11 is 0. The maximum Gasteiger partial charge on any atom is 0.223 e. The van der Waals surface area contributed by atoms with Crippen LogP contribution >= 0.6 is 24.8 Å². The van der Waals surface area contributed by atoms with Gasteiger partial charge < -0.3 is 15.2 Å². The van der Waals surface area contributed by atoms with Gasteiger partial charge in [-0.1, -0.05) is 30.3 Å². The molecule has 1 amide bonds. The molecule has 27 heavy (non-hydrogen) atoms. The molecule has 2 aliphatic rings. The van der Waals surface area contributed by atoms with Gasteiger partial charge >= 0.3 is 0 Å². The van der Waals surface area contributed by atoms with Gasteiger partial charge in [0.25, 0.3) is 0 Å². The fraction of sp³-hybridized carbons (Fsp3) is 0.500. The molecule has 1 saturated carbocycles. The Morgan fingerprint density at radius 1 is 1.22 bits per heavy atom. The van der Waals surface area contributed by atoms with E-state index in [0.29, 0.717) is 12.0 Å². The third-order valence-corrected chi connectivity index (χ3v) is 5.75. The number of amides is 1. The number of rotatable bonds is 6. The van der Waals surface area contributed by atoms with Gasteiger partial charge in [0, 0.05) is 37.8 Å². The van der Waals surface area contributed by atoms with E-state index in [9.17, 15) is 4.79 Å². The molecule has 2 N–H and O–H groups in total. The van der Waals surface area contributed by atoms with Crippen molar-refractivity contribution in [1.82, 2.24) is 20.2 Å². The van der Waals surface area contributed by atoms with Crippen LogP contribution in [0, 0.1) is 11.3 Å². The summed E-state index contributed by atoms with van der Waals surface area (Å²) in [5, 5.41) is 6.52. The molecule has 1 aliphatic heterocycles. The van der Waals surface area contributed by atoms with E-state index in [4.69, 9.17) is 0 Å². The Morgan fingerprint density at radius 2 is 1.96 bits per heavy atom. The molecule has 4 rings (SSSR count). The van der Waals surface area contributed by atoms with E-state index < -0.39 is 0 Å². The van der Waals surface area contributed by atoms with Gasteiger partial charge in [-0.2, -0.15) is 0 Å². The normalized spacial score (nSPS) is 19.6. The molecule has 0 radical (unpaired) electrons. The quantitative estimate of drug-likeness (QED) is 0.769. The zero-order valence-corrected chi connectivity index (χ0v) is 17.0. The van der Waals surface area contributed by atoms with E-state index in [-0.39, 0.29) is 36.6 Å². The summed E-state index contributed by atoms with van der Waals surface area (Å²) in [6.07, 6.45) is 7.98. The highest BCUT2D eigenvalue weighted by Crippen LogP contribution is 2.58. The molecule has 148 valence electrons. The van der Waals surface area contributed by atoms with Gasteiger partial charge in [-0.25, -0.2) is 4.98 Å². The second-order valence-corrected chi connectivity index (χ2v) is 7.37. The molecule has 2 heterocycles. The van der Waals surface area contributed by atoms with E-state index in [1.807, 2.05) is 18.5 Å². The smallest absolute Gasteiger partial charge is 0.223 e. The average Bonchev–Trinajstić information content (AvgIpc) is 3.15. The van der Waals surface area contributed by atoms with Gasteiger partial charge in [0.05, 0.1) is 0 Å². The van der Waals surface area contributed by atoms with Gasteiger partial charge in [0.1, 0.15) is 5.82 Å². The fourth-order valence-electron chi connectivity index (χ4n) is 4.11. The zero-order valence-electron chi connectivity index (χ0n) is 15.4. The van der Waals surface area contributed by atoms with Crippen molar-refractivity contribution in [2.24, 2.45) is 11.3 Å². The Hall–Kier alpha value is -1.56. The van der Waals surface area contributed by atoms with Crippen molar-refractivity contribution in [2.45, 2.75) is 32.2 Å². The molecular weight excluding hydrogens is 383 g/mol. The Balaban J connectivity index is 0.00000131. The van der Waals surface area contributed by atoms with Gasteiger partial charge in [0.15, 0.2) is 0 Å². The van der Waals surface area contributed by atoms with Crippen LogP contribution in [-0.4, -0.2) is 35.1 Å². The molecule has 2 fully saturated rings. The molecule has 2 aromatic rings. The molecule has 1 unspecified atom stereocenters. The summed E-state index contributed by atoms with van der Waals surface area (Å²) in [7, 11) is 0. The lowest BCUT2D eigenvalue weighted by Crippen LogP contribution is -2.34. The van der Waals surface area contributed by atoms with E-state index in [0.717, 1.165) is 51.1 Å². The first-order valence-electron chi connectivity index (χ1n) is 9.29. The maximum absolute atomic E-state index is 12.4. The summed E-state index contributed by atoms with van der Waals surface area (Å²) in [6.45, 7) is 3.60. The van der Waals surface area contributed by atoms with Crippen molar-refractivity contribution in [1.29, 1.82) is 0 Å². The largest absolute Gasteiger partial charge is 0.355 e. The third-order valence-electron chi connectivity index (χ3n) is 5.75. The molecule has 0 bridgehead atoms. The lowest BCUT2D eigenvalue weighted by atomic mass is 9.92. The number of carbonyl (C=O) groups excluding carboxylic acids is 1. The van der Waals surface area contributed by atoms with Crippen LogP contribution in [0.15, 0.2) is 42.7 Å². The lowest BCUT2D eigenvalue weighted by Gasteiger charge is -2.23. The van der Waals surface area contributed by atoms with E-state index in [1.54, 1.807) is 0 Å². The topological polar surface area (TPSA) is 59.0 Å². The van der Waals surface area contributed by atoms with Crippen molar-refractivity contribution in [3.63, 3.8) is 0 Å². The summed E-state index contributed by atoms with van der Waals surface area (Å²) < 4.78 is 2.16. The summed E-state index contributed by atoms with van der Waals surface area (Å²) in [4.78, 5) is 16.9. The van der Waals surface area contributed by atoms with Gasteiger partial charge in [0.2, 0.25) is 5.91 Å². The summed E-state index contributed by atoms with van der Waals surface area (Å²) in [5.74, 6) is 1.50. The predicted molar refractivity (Wildman–Crippen MR) is 112 cm³/mol. The first-order valence-corrected chi connectivity index (χ1v) is 9.29. The number of aromatic nitrogens is 2. The summed E-state index contributed by atoms with van der Waals surface area (Å²) in [5.41, 5.74) is 1.57. The number of nitrogens with one attached hydrogen (secondary N) is 2. The Bertz CT molecular complexity index is 729. The van der Waals surface area contributed by atoms with Crippen LogP contribution in [0.3, 0.4) is 0 Å². The number of halogens is 2. The van der Waals surface area contributed by atoms with Crippen molar-refractivity contribution >= 4 is 30.7 Å². The summed E-state index contributed by atoms with van der Waals surface area (Å²) in [6, 6.07) is 10.4. The van der Waals surface area contributed by atoms with E-state index >= 15 is 0 Å². The number of hydrogen-bond donors (Lipinski definition) is 2. The van der Waals surface area contributed by atoms with E-state index in [1.165, 1.54) is 5.56 Å². The van der Waals surface area contributed by atoms with E-state index in [2.05, 4.69) is 44.5 Å². The lowest BCUT2D eigenvalue weighted by molar-refractivity contribution is -0.123. The van der Waals surface area contributed by atoms with Crippen LogP contribution in [-0.2, 0) is 17.8 Å². The highest BCUT2D eigenvalue weighted by molar-refractivity contribution is 5.85. The Labute approximate surface area is 173 Å². The maximum atomic E-state index is 12.4. The molecular formula is C20H28Cl2N4O. The number of carbonyl (C=O) groups is 1. The Kier molecular flexibility index (Phi) is 7.71. The molecule has 5 nitrogen and oxygen atoms in total. The number of nitrogens with zero attached hydrogens (tertiary/aromatic N) is 2. The minimum atomic E-state index is 0. The van der Waals surface area contributed by atoms with Gasteiger partial charge in [-0.05, 0) is 43.3 Å². The third kappa shape index (κ3) is 5.03. The molecule has 7 heteroatoms. The van der Waals surface area contributed by atoms with Crippen molar-refractivity contribution in [2.75, 3.05) is 19.6 Å². The minimum absolute atomic E-state index is 0. The number of piperidine rings is 1. The van der Waals surface area contributed by atoms with Gasteiger partial charge in [-0.15, -0.1) is 24.8 Å². The van der Waals surface area contributed by atoms with Crippen molar-refractivity contribution in [3.8, 4) is 0 Å². The monoisotopic (exact) mass is 410 g/mol. The molecule has 1 aromatic carbocycles.